The summed E-state index contributed by atoms with van der Waals surface area (Å²) in [6.07, 6.45) is 5.18. The number of hydrogen-bond acceptors (Lipinski definition) is 2. The second kappa shape index (κ2) is 5.07. The van der Waals surface area contributed by atoms with Gasteiger partial charge in [-0.1, -0.05) is 42.5 Å². The fourth-order valence-electron chi connectivity index (χ4n) is 4.13. The van der Waals surface area contributed by atoms with Gasteiger partial charge in [-0.25, -0.2) is 0 Å². The summed E-state index contributed by atoms with van der Waals surface area (Å²) in [5, 5.41) is 11.4. The second-order valence-electron chi connectivity index (χ2n) is 6.55. The van der Waals surface area contributed by atoms with E-state index in [0.29, 0.717) is 6.04 Å². The Labute approximate surface area is 135 Å². The van der Waals surface area contributed by atoms with Crippen molar-refractivity contribution in [3.63, 3.8) is 0 Å². The van der Waals surface area contributed by atoms with Crippen molar-refractivity contribution in [1.82, 2.24) is 15.5 Å². The number of fused-ring (bicyclic) bond motifs is 2. The van der Waals surface area contributed by atoms with Gasteiger partial charge in [0.15, 0.2) is 0 Å². The number of benzene rings is 2. The van der Waals surface area contributed by atoms with Crippen LogP contribution < -0.4 is 5.32 Å². The van der Waals surface area contributed by atoms with Crippen molar-refractivity contribution < 1.29 is 0 Å². The van der Waals surface area contributed by atoms with Gasteiger partial charge in [0.25, 0.3) is 0 Å². The molecule has 3 heteroatoms. The molecule has 0 bridgehead atoms. The summed E-state index contributed by atoms with van der Waals surface area (Å²) in [5.74, 6) is 0. The highest BCUT2D eigenvalue weighted by molar-refractivity contribution is 5.76. The fourth-order valence-corrected chi connectivity index (χ4v) is 4.13. The van der Waals surface area contributed by atoms with E-state index in [9.17, 15) is 0 Å². The Hall–Kier alpha value is -2.39. The van der Waals surface area contributed by atoms with Crippen molar-refractivity contribution >= 4 is 0 Å². The first-order valence-corrected chi connectivity index (χ1v) is 8.35. The van der Waals surface area contributed by atoms with E-state index < -0.39 is 0 Å². The van der Waals surface area contributed by atoms with E-state index in [1.54, 1.807) is 0 Å². The maximum absolute atomic E-state index is 4.58. The summed E-state index contributed by atoms with van der Waals surface area (Å²) >= 11 is 0. The molecular weight excluding hydrogens is 282 g/mol. The molecule has 1 aliphatic carbocycles. The lowest BCUT2D eigenvalue weighted by atomic mass is 9.78. The van der Waals surface area contributed by atoms with Crippen LogP contribution in [0, 0.1) is 0 Å². The van der Waals surface area contributed by atoms with E-state index in [2.05, 4.69) is 64.2 Å². The zero-order valence-electron chi connectivity index (χ0n) is 13.0. The van der Waals surface area contributed by atoms with Crippen molar-refractivity contribution in [3.8, 4) is 11.3 Å². The third-order valence-corrected chi connectivity index (χ3v) is 5.17. The monoisotopic (exact) mass is 301 g/mol. The molecule has 0 spiro atoms. The Balaban J connectivity index is 1.71. The molecule has 2 N–H and O–H groups in total. The van der Waals surface area contributed by atoms with E-state index in [1.807, 2.05) is 0 Å². The first kappa shape index (κ1) is 13.1. The van der Waals surface area contributed by atoms with E-state index >= 15 is 0 Å². The van der Waals surface area contributed by atoms with Gasteiger partial charge in [-0.2, -0.15) is 5.10 Å². The van der Waals surface area contributed by atoms with Crippen LogP contribution in [0.2, 0.25) is 0 Å². The van der Waals surface area contributed by atoms with Gasteiger partial charge in [0, 0.05) is 17.8 Å². The van der Waals surface area contributed by atoms with Gasteiger partial charge in [-0.3, -0.25) is 5.10 Å². The van der Waals surface area contributed by atoms with Gasteiger partial charge in [-0.15, -0.1) is 0 Å². The van der Waals surface area contributed by atoms with Crippen LogP contribution in [0.25, 0.3) is 11.3 Å². The minimum Gasteiger partial charge on any atom is -0.309 e. The number of aromatic amines is 1. The highest BCUT2D eigenvalue weighted by atomic mass is 15.1. The van der Waals surface area contributed by atoms with Crippen molar-refractivity contribution in [3.05, 3.63) is 76.5 Å². The summed E-state index contributed by atoms with van der Waals surface area (Å²) in [7, 11) is 0. The number of hydrogen-bond donors (Lipinski definition) is 2. The van der Waals surface area contributed by atoms with Crippen molar-refractivity contribution in [2.75, 3.05) is 6.54 Å². The third-order valence-electron chi connectivity index (χ3n) is 5.17. The number of rotatable bonds is 2. The number of H-pyrrole nitrogens is 1. The fraction of sp³-hybridized carbons (Fsp3) is 0.250. The minimum absolute atomic E-state index is 0.439. The van der Waals surface area contributed by atoms with Crippen LogP contribution >= 0.6 is 0 Å². The van der Waals surface area contributed by atoms with Crippen LogP contribution in [0.15, 0.2) is 48.7 Å². The topological polar surface area (TPSA) is 40.7 Å². The molecule has 0 fully saturated rings. The molecule has 0 saturated heterocycles. The molecule has 3 aromatic rings. The van der Waals surface area contributed by atoms with Crippen LogP contribution in [-0.4, -0.2) is 16.7 Å². The quantitative estimate of drug-likeness (QED) is 0.761. The molecule has 1 aromatic heterocycles. The van der Waals surface area contributed by atoms with E-state index in [0.717, 1.165) is 31.5 Å². The largest absolute Gasteiger partial charge is 0.309 e. The normalized spacial score (nSPS) is 18.3. The molecule has 114 valence electrons. The van der Waals surface area contributed by atoms with Gasteiger partial charge in [0.1, 0.15) is 0 Å². The predicted molar refractivity (Wildman–Crippen MR) is 91.4 cm³/mol. The molecule has 2 aromatic carbocycles. The first-order chi connectivity index (χ1) is 11.4. The average molecular weight is 301 g/mol. The Bertz CT molecular complexity index is 864. The zero-order valence-corrected chi connectivity index (χ0v) is 13.0. The van der Waals surface area contributed by atoms with Crippen LogP contribution in [0.3, 0.4) is 0 Å². The van der Waals surface area contributed by atoms with Gasteiger partial charge >= 0.3 is 0 Å². The summed E-state index contributed by atoms with van der Waals surface area (Å²) in [6.45, 7) is 1.07. The third kappa shape index (κ3) is 2.04. The van der Waals surface area contributed by atoms with Crippen molar-refractivity contribution in [2.45, 2.75) is 25.3 Å². The first-order valence-electron chi connectivity index (χ1n) is 8.35. The molecule has 0 radical (unpaired) electrons. The summed E-state index contributed by atoms with van der Waals surface area (Å²) in [5.41, 5.74) is 9.59. The van der Waals surface area contributed by atoms with Crippen LogP contribution in [0.4, 0.5) is 0 Å². The lowest BCUT2D eigenvalue weighted by Gasteiger charge is -2.33. The van der Waals surface area contributed by atoms with Gasteiger partial charge in [-0.05, 0) is 53.6 Å². The molecule has 5 rings (SSSR count). The van der Waals surface area contributed by atoms with Gasteiger partial charge in [0.2, 0.25) is 0 Å². The molecule has 1 aliphatic heterocycles. The Kier molecular flexibility index (Phi) is 2.88. The van der Waals surface area contributed by atoms with E-state index in [-0.39, 0.29) is 0 Å². The van der Waals surface area contributed by atoms with Crippen LogP contribution in [0.1, 0.15) is 33.9 Å². The predicted octanol–water partition coefficient (Wildman–Crippen LogP) is 3.41. The van der Waals surface area contributed by atoms with Crippen LogP contribution in [0.5, 0.6) is 0 Å². The van der Waals surface area contributed by atoms with E-state index in [1.165, 1.54) is 33.4 Å². The Morgan fingerprint density at radius 2 is 1.96 bits per heavy atom. The number of aromatic nitrogens is 2. The highest BCUT2D eigenvalue weighted by Crippen LogP contribution is 2.43. The Morgan fingerprint density at radius 1 is 1.04 bits per heavy atom. The maximum Gasteiger partial charge on any atom is 0.0959 e. The van der Waals surface area contributed by atoms with Gasteiger partial charge < -0.3 is 5.32 Å². The molecule has 1 unspecified atom stereocenters. The lowest BCUT2D eigenvalue weighted by Crippen LogP contribution is -2.33. The maximum atomic E-state index is 4.58. The molecule has 3 nitrogen and oxygen atoms in total. The summed E-state index contributed by atoms with van der Waals surface area (Å²) in [4.78, 5) is 0. The second-order valence-corrected chi connectivity index (χ2v) is 6.55. The van der Waals surface area contributed by atoms with Crippen molar-refractivity contribution in [2.24, 2.45) is 0 Å². The average Bonchev–Trinajstić information content (AvgIpc) is 3.06. The molecular formula is C20H19N3. The molecule has 2 aliphatic rings. The zero-order chi connectivity index (χ0) is 15.2. The molecule has 0 saturated carbocycles. The minimum atomic E-state index is 0.439. The highest BCUT2D eigenvalue weighted by Gasteiger charge is 2.32. The molecule has 1 atom stereocenters. The Morgan fingerprint density at radius 3 is 2.87 bits per heavy atom. The summed E-state index contributed by atoms with van der Waals surface area (Å²) < 4.78 is 0. The van der Waals surface area contributed by atoms with Crippen LogP contribution in [-0.2, 0) is 19.3 Å². The molecule has 0 amide bonds. The van der Waals surface area contributed by atoms with Crippen molar-refractivity contribution in [1.29, 1.82) is 0 Å². The van der Waals surface area contributed by atoms with E-state index in [4.69, 9.17) is 0 Å². The summed E-state index contributed by atoms with van der Waals surface area (Å²) in [6, 6.07) is 15.8. The molecule has 2 heterocycles. The smallest absolute Gasteiger partial charge is 0.0959 e. The molecule has 23 heavy (non-hydrogen) atoms. The number of nitrogens with zero attached hydrogens (tertiary/aromatic N) is 1. The lowest BCUT2D eigenvalue weighted by molar-refractivity contribution is 0.498. The SMILES string of the molecule is c1ccc(Cc2ccc3c4c2-c2n[nH]cc2CC4NCC3)cc1. The van der Waals surface area contributed by atoms with Gasteiger partial charge in [0.05, 0.1) is 5.69 Å². The number of nitrogens with one attached hydrogen (secondary N) is 2. The standard InChI is InChI=1S/C20H19N3/c1-2-4-13(5-3-1)10-15-7-6-14-8-9-21-17-11-16-12-22-23-20(16)19(15)18(14)17/h1-7,12,17,21H,8-11H2,(H,22,23).